The highest BCUT2D eigenvalue weighted by atomic mass is 19.4. The predicted octanol–water partition coefficient (Wildman–Crippen LogP) is 17.0. The lowest BCUT2D eigenvalue weighted by Crippen LogP contribution is -2.58. The summed E-state index contributed by atoms with van der Waals surface area (Å²) in [6.45, 7) is 19.2. The molecule has 1 aliphatic carbocycles. The van der Waals surface area contributed by atoms with E-state index in [9.17, 15) is 53.9 Å². The summed E-state index contributed by atoms with van der Waals surface area (Å²) < 4.78 is 139. The van der Waals surface area contributed by atoms with Gasteiger partial charge >= 0.3 is 18.5 Å². The standard InChI is InChI=1S/C28H33F3N2O2.2C27H32F3N3O2.CH4O/c1-4-25-32-17-26(34)33(25)24-10-12-27(13-11-24,22-8-6-5-7-9-22)18-35-20(3)21-14-19(2)15-23(16-21)28(29,30)31;2*1-4-24-31-16-25(34)33(24)23-10-11-26(32-15-23,21-8-6-5-7-9-21)17-35-19(3)20-12-18(2)13-22(14-20)27(28,29)30;1-2/h5-9,14-16,20,24H,4,10-13,17-18H2,1-3H3;2*5-9,12-14,19,23,32H,4,10-11,15-17H2,1-3H3;2H,1H3/t20-,24?,27?;19-,23?,26-;19-,23-,26-;/m111./s1. The van der Waals surface area contributed by atoms with Crippen LogP contribution >= 0.6 is 0 Å². The molecule has 3 fully saturated rings. The van der Waals surface area contributed by atoms with Crippen LogP contribution in [0.15, 0.2) is 161 Å². The molecule has 3 amide bonds. The molecule has 0 spiro atoms. The van der Waals surface area contributed by atoms with E-state index in [1.807, 2.05) is 121 Å². The fraction of sp³-hybridized carbons (Fsp3) is 0.494. The van der Waals surface area contributed by atoms with Crippen LogP contribution in [0.5, 0.6) is 0 Å². The van der Waals surface area contributed by atoms with E-state index in [1.165, 1.54) is 23.8 Å². The van der Waals surface area contributed by atoms with Crippen LogP contribution in [0.4, 0.5) is 39.5 Å². The molecule has 5 heterocycles. The van der Waals surface area contributed by atoms with E-state index in [1.54, 1.807) is 52.8 Å². The van der Waals surface area contributed by atoms with Gasteiger partial charge in [-0.3, -0.25) is 44.1 Å². The number of aliphatic hydroxyl groups excluding tert-OH is 1. The van der Waals surface area contributed by atoms with Crippen LogP contribution < -0.4 is 10.6 Å². The summed E-state index contributed by atoms with van der Waals surface area (Å²) in [5.74, 6) is 2.68. The van der Waals surface area contributed by atoms with Gasteiger partial charge in [-0.2, -0.15) is 39.5 Å². The van der Waals surface area contributed by atoms with Crippen LogP contribution in [0.25, 0.3) is 0 Å². The van der Waals surface area contributed by atoms with E-state index in [0.29, 0.717) is 79.1 Å². The number of aliphatic hydroxyl groups is 1. The molecule has 107 heavy (non-hydrogen) atoms. The maximum atomic E-state index is 13.3. The molecule has 0 bridgehead atoms. The zero-order valence-corrected chi connectivity index (χ0v) is 62.7. The smallest absolute Gasteiger partial charge is 0.400 e. The number of aryl methyl sites for hydroxylation is 3. The van der Waals surface area contributed by atoms with E-state index in [4.69, 9.17) is 19.3 Å². The summed E-state index contributed by atoms with van der Waals surface area (Å²) in [7, 11) is 1.00. The first-order chi connectivity index (χ1) is 50.9. The summed E-state index contributed by atoms with van der Waals surface area (Å²) in [5.41, 5.74) is 3.23. The first-order valence-corrected chi connectivity index (χ1v) is 37.0. The van der Waals surface area contributed by atoms with Crippen LogP contribution in [-0.2, 0) is 63.6 Å². The number of alkyl halides is 9. The second kappa shape index (κ2) is 35.9. The van der Waals surface area contributed by atoms with Crippen molar-refractivity contribution in [3.8, 4) is 0 Å². The summed E-state index contributed by atoms with van der Waals surface area (Å²) >= 11 is 0. The molecule has 24 heteroatoms. The maximum absolute atomic E-state index is 13.3. The molecule has 7 atom stereocenters. The topological polar surface area (TPSA) is 170 Å². The fourth-order valence-corrected chi connectivity index (χ4v) is 15.6. The maximum Gasteiger partial charge on any atom is 0.416 e. The molecule has 2 saturated heterocycles. The largest absolute Gasteiger partial charge is 0.416 e. The molecular weight excluding hydrogens is 1390 g/mol. The van der Waals surface area contributed by atoms with Gasteiger partial charge in [0.2, 0.25) is 17.7 Å². The zero-order valence-electron chi connectivity index (χ0n) is 62.7. The highest BCUT2D eigenvalue weighted by Gasteiger charge is 2.46. The van der Waals surface area contributed by atoms with Crippen LogP contribution in [0.1, 0.15) is 197 Å². The zero-order chi connectivity index (χ0) is 77.7. The second-order valence-corrected chi connectivity index (χ2v) is 28.7. The van der Waals surface area contributed by atoms with E-state index >= 15 is 0 Å². The third kappa shape index (κ3) is 20.2. The van der Waals surface area contributed by atoms with Gasteiger partial charge in [0.25, 0.3) is 0 Å². The molecule has 15 nitrogen and oxygen atoms in total. The number of ether oxygens (including phenoxy) is 3. The number of hydrogen-bond donors (Lipinski definition) is 3. The molecule has 6 aliphatic rings. The third-order valence-electron chi connectivity index (χ3n) is 21.4. The van der Waals surface area contributed by atoms with Gasteiger partial charge in [-0.25, -0.2) is 0 Å². The number of carbonyl (C=O) groups excluding carboxylic acids is 3. The van der Waals surface area contributed by atoms with Gasteiger partial charge in [0.05, 0.1) is 78.0 Å². The lowest BCUT2D eigenvalue weighted by molar-refractivity contribution is -0.138. The normalized spacial score (nSPS) is 23.6. The number of halogens is 9. The third-order valence-corrected chi connectivity index (χ3v) is 21.4. The Labute approximate surface area is 622 Å². The number of amidine groups is 3. The van der Waals surface area contributed by atoms with Crippen LogP contribution in [0.3, 0.4) is 0 Å². The highest BCUT2D eigenvalue weighted by Crippen LogP contribution is 2.45. The lowest BCUT2D eigenvalue weighted by Gasteiger charge is -2.44. The Balaban J connectivity index is 0.000000183. The average molecular weight is 1490 g/mol. The van der Waals surface area contributed by atoms with E-state index < -0.39 is 64.6 Å². The van der Waals surface area contributed by atoms with Crippen LogP contribution in [0, 0.1) is 20.8 Å². The van der Waals surface area contributed by atoms with Gasteiger partial charge in [0.15, 0.2) is 0 Å². The summed E-state index contributed by atoms with van der Waals surface area (Å²) in [6, 6.07) is 42.5. The quantitative estimate of drug-likeness (QED) is 0.0594. The van der Waals surface area contributed by atoms with Crippen molar-refractivity contribution in [1.82, 2.24) is 25.3 Å². The minimum absolute atomic E-state index is 0.0177. The van der Waals surface area contributed by atoms with Crippen molar-refractivity contribution < 1.29 is 73.2 Å². The number of amides is 3. The summed E-state index contributed by atoms with van der Waals surface area (Å²) in [4.78, 5) is 56.1. The Bertz CT molecular complexity index is 3640. The average Bonchev–Trinajstić information content (AvgIpc) is 1.73. The van der Waals surface area contributed by atoms with Crippen molar-refractivity contribution in [2.75, 3.05) is 59.7 Å². The van der Waals surface area contributed by atoms with Crippen molar-refractivity contribution in [1.29, 1.82) is 0 Å². The summed E-state index contributed by atoms with van der Waals surface area (Å²) in [5, 5.41) is 14.3. The molecule has 6 aromatic rings. The van der Waals surface area contributed by atoms with E-state index in [0.717, 1.165) is 112 Å². The number of hydrogen-bond acceptors (Lipinski definition) is 12. The minimum atomic E-state index is -4.40. The number of nitrogens with zero attached hydrogens (tertiary/aromatic N) is 6. The van der Waals surface area contributed by atoms with Crippen molar-refractivity contribution in [2.45, 2.75) is 204 Å². The molecule has 12 rings (SSSR count). The fourth-order valence-electron chi connectivity index (χ4n) is 15.6. The molecule has 578 valence electrons. The molecule has 0 radical (unpaired) electrons. The number of carbonyl (C=O) groups is 3. The van der Waals surface area contributed by atoms with Crippen molar-refractivity contribution in [3.63, 3.8) is 0 Å². The highest BCUT2D eigenvalue weighted by molar-refractivity contribution is 6.05. The number of aliphatic imine (C=N–C) groups is 3. The Morgan fingerprint density at radius 2 is 0.720 bits per heavy atom. The SMILES string of the molecule is CCC1=NCC(=O)N1C1CCC(CO[C@H](C)c2cc(C)cc(C(F)(F)F)c2)(c2ccccc2)CC1.CCC1=NCC(=O)N1C1CC[C@@](CO[C@H](C)c2cc(C)cc(C(F)(F)F)c2)(c2ccccc2)NC1.CCC1=NCC(=O)N1[C@@H]1CC[C@@](CO[C@H](C)c2cc(C)cc(C(F)(F)F)c2)(c2ccccc2)NC1.CO. The molecule has 3 N–H and O–H groups in total. The Hall–Kier alpha value is -8.13. The van der Waals surface area contributed by atoms with Crippen LogP contribution in [0.2, 0.25) is 0 Å². The van der Waals surface area contributed by atoms with E-state index in [-0.39, 0.29) is 60.9 Å². The predicted molar refractivity (Wildman–Crippen MR) is 397 cm³/mol. The van der Waals surface area contributed by atoms with Crippen molar-refractivity contribution in [2.24, 2.45) is 15.0 Å². The Morgan fingerprint density at radius 1 is 0.430 bits per heavy atom. The van der Waals surface area contributed by atoms with Crippen LogP contribution in [-0.4, -0.2) is 133 Å². The molecule has 6 aromatic carbocycles. The van der Waals surface area contributed by atoms with Gasteiger partial charge in [0.1, 0.15) is 37.1 Å². The second-order valence-electron chi connectivity index (χ2n) is 28.7. The molecule has 1 saturated carbocycles. The summed E-state index contributed by atoms with van der Waals surface area (Å²) in [6.07, 6.45) is -6.24. The number of piperidine rings is 2. The first kappa shape index (κ1) is 82.9. The van der Waals surface area contributed by atoms with E-state index in [2.05, 4.69) is 37.7 Å². The minimum Gasteiger partial charge on any atom is -0.400 e. The van der Waals surface area contributed by atoms with Gasteiger partial charge < -0.3 is 30.0 Å². The Kier molecular flexibility index (Phi) is 27.8. The molecule has 1 unspecified atom stereocenters. The van der Waals surface area contributed by atoms with Gasteiger partial charge in [-0.05, 0) is 163 Å². The lowest BCUT2D eigenvalue weighted by atomic mass is 9.68. The molecular formula is C83H101F9N8O7. The molecule has 0 aromatic heterocycles. The van der Waals surface area contributed by atoms with Crippen molar-refractivity contribution in [3.05, 3.63) is 212 Å². The number of benzene rings is 6. The monoisotopic (exact) mass is 1490 g/mol. The van der Waals surface area contributed by atoms with Crippen molar-refractivity contribution >= 4 is 35.2 Å². The number of rotatable bonds is 21. The Morgan fingerprint density at radius 3 is 1.01 bits per heavy atom. The first-order valence-electron chi connectivity index (χ1n) is 37.0. The molecule has 5 aliphatic heterocycles. The number of nitrogens with one attached hydrogen (secondary N) is 2. The van der Waals surface area contributed by atoms with Gasteiger partial charge in [0, 0.05) is 50.9 Å². The van der Waals surface area contributed by atoms with Gasteiger partial charge in [-0.15, -0.1) is 0 Å². The van der Waals surface area contributed by atoms with Gasteiger partial charge in [-0.1, -0.05) is 147 Å².